The highest BCUT2D eigenvalue weighted by Crippen LogP contribution is 2.32. The van der Waals surface area contributed by atoms with Crippen molar-refractivity contribution in [2.24, 2.45) is 0 Å². The van der Waals surface area contributed by atoms with Gasteiger partial charge in [-0.25, -0.2) is 0 Å². The summed E-state index contributed by atoms with van der Waals surface area (Å²) in [5.41, 5.74) is 3.47. The van der Waals surface area contributed by atoms with Crippen LogP contribution in [0.5, 0.6) is 0 Å². The van der Waals surface area contributed by atoms with Crippen molar-refractivity contribution in [1.82, 2.24) is 4.37 Å². The monoisotopic (exact) mass is 307 g/mol. The average molecular weight is 308 g/mol. The molecule has 1 aromatic heterocycles. The molecule has 0 saturated heterocycles. The molecule has 0 saturated carbocycles. The average Bonchev–Trinajstić information content (AvgIpc) is 2.79. The summed E-state index contributed by atoms with van der Waals surface area (Å²) in [7, 11) is 0. The molecule has 0 aliphatic heterocycles. The fourth-order valence-electron chi connectivity index (χ4n) is 2.11. The van der Waals surface area contributed by atoms with Crippen molar-refractivity contribution in [2.45, 2.75) is 13.3 Å². The Morgan fingerprint density at radius 3 is 2.68 bits per heavy atom. The highest BCUT2D eigenvalue weighted by atomic mass is 35.5. The zero-order chi connectivity index (χ0) is 13.4. The van der Waals surface area contributed by atoms with Gasteiger partial charge in [-0.1, -0.05) is 42.3 Å². The predicted octanol–water partition coefficient (Wildman–Crippen LogP) is 5.83. The van der Waals surface area contributed by atoms with Gasteiger partial charge in [0.05, 0.1) is 4.70 Å². The van der Waals surface area contributed by atoms with Crippen LogP contribution < -0.4 is 0 Å². The first-order valence-corrected chi connectivity index (χ1v) is 7.55. The van der Waals surface area contributed by atoms with E-state index in [0.717, 1.165) is 32.7 Å². The summed E-state index contributed by atoms with van der Waals surface area (Å²) >= 11 is 13.7. The Hall–Kier alpha value is -1.09. The van der Waals surface area contributed by atoms with Gasteiger partial charge in [-0.2, -0.15) is 4.37 Å². The van der Waals surface area contributed by atoms with Gasteiger partial charge < -0.3 is 0 Å². The van der Waals surface area contributed by atoms with Crippen LogP contribution in [0.25, 0.3) is 21.2 Å². The molecule has 0 atom stereocenters. The van der Waals surface area contributed by atoms with Gasteiger partial charge in [0.15, 0.2) is 5.15 Å². The van der Waals surface area contributed by atoms with Gasteiger partial charge in [0.2, 0.25) is 0 Å². The van der Waals surface area contributed by atoms with Crippen LogP contribution in [0.4, 0.5) is 0 Å². The van der Waals surface area contributed by atoms with E-state index in [1.165, 1.54) is 17.1 Å². The van der Waals surface area contributed by atoms with Gasteiger partial charge in [-0.3, -0.25) is 0 Å². The number of fused-ring (bicyclic) bond motifs is 1. The zero-order valence-corrected chi connectivity index (χ0v) is 12.6. The molecule has 3 aromatic rings. The third kappa shape index (κ3) is 2.48. The van der Waals surface area contributed by atoms with E-state index in [0.29, 0.717) is 5.15 Å². The summed E-state index contributed by atoms with van der Waals surface area (Å²) in [6.07, 6.45) is 0.969. The fourth-order valence-corrected chi connectivity index (χ4v) is 3.34. The molecular formula is C15H11Cl2NS. The Balaban J connectivity index is 2.17. The molecule has 2 aromatic carbocycles. The summed E-state index contributed by atoms with van der Waals surface area (Å²) in [6.45, 7) is 2.12. The van der Waals surface area contributed by atoms with Crippen molar-refractivity contribution in [3.63, 3.8) is 0 Å². The molecule has 4 heteroatoms. The maximum Gasteiger partial charge on any atom is 0.150 e. The van der Waals surface area contributed by atoms with E-state index in [-0.39, 0.29) is 0 Å². The lowest BCUT2D eigenvalue weighted by molar-refractivity contribution is 1.14. The van der Waals surface area contributed by atoms with Gasteiger partial charge in [-0.15, -0.1) is 0 Å². The topological polar surface area (TPSA) is 12.9 Å². The first-order valence-electron chi connectivity index (χ1n) is 6.02. The van der Waals surface area contributed by atoms with Gasteiger partial charge >= 0.3 is 0 Å². The van der Waals surface area contributed by atoms with E-state index < -0.39 is 0 Å². The van der Waals surface area contributed by atoms with Gasteiger partial charge in [0.1, 0.15) is 0 Å². The minimum Gasteiger partial charge on any atom is -0.180 e. The Labute approximate surface area is 126 Å². The van der Waals surface area contributed by atoms with E-state index in [2.05, 4.69) is 35.6 Å². The summed E-state index contributed by atoms with van der Waals surface area (Å²) in [6, 6.07) is 12.4. The maximum atomic E-state index is 6.17. The van der Waals surface area contributed by atoms with E-state index in [4.69, 9.17) is 23.2 Å². The molecule has 19 heavy (non-hydrogen) atoms. The Bertz CT molecular complexity index is 749. The van der Waals surface area contributed by atoms with Gasteiger partial charge in [-0.05, 0) is 58.9 Å². The zero-order valence-electron chi connectivity index (χ0n) is 10.3. The van der Waals surface area contributed by atoms with Crippen molar-refractivity contribution >= 4 is 44.8 Å². The SMILES string of the molecule is CCc1cc(Cl)cc(-c2ccc3snc(Cl)c3c2)c1. The smallest absolute Gasteiger partial charge is 0.150 e. The first-order chi connectivity index (χ1) is 9.17. The quantitative estimate of drug-likeness (QED) is 0.580. The van der Waals surface area contributed by atoms with Crippen LogP contribution in [0.1, 0.15) is 12.5 Å². The molecule has 0 aliphatic rings. The van der Waals surface area contributed by atoms with Crippen molar-refractivity contribution in [2.75, 3.05) is 0 Å². The normalized spacial score (nSPS) is 11.1. The number of halogens is 2. The molecule has 1 heterocycles. The van der Waals surface area contributed by atoms with Crippen molar-refractivity contribution in [3.05, 3.63) is 52.1 Å². The van der Waals surface area contributed by atoms with Crippen LogP contribution >= 0.6 is 34.7 Å². The summed E-state index contributed by atoms with van der Waals surface area (Å²) in [5.74, 6) is 0. The molecule has 0 spiro atoms. The van der Waals surface area contributed by atoms with Crippen LogP contribution in [0.15, 0.2) is 36.4 Å². The van der Waals surface area contributed by atoms with Gasteiger partial charge in [0.25, 0.3) is 0 Å². The molecule has 0 amide bonds. The third-order valence-electron chi connectivity index (χ3n) is 3.13. The van der Waals surface area contributed by atoms with E-state index >= 15 is 0 Å². The highest BCUT2D eigenvalue weighted by molar-refractivity contribution is 7.13. The second-order valence-electron chi connectivity index (χ2n) is 4.39. The summed E-state index contributed by atoms with van der Waals surface area (Å²) in [4.78, 5) is 0. The second kappa shape index (κ2) is 5.12. The lowest BCUT2D eigenvalue weighted by Gasteiger charge is -2.06. The second-order valence-corrected chi connectivity index (χ2v) is 5.99. The van der Waals surface area contributed by atoms with Crippen LogP contribution in [0, 0.1) is 0 Å². The maximum absolute atomic E-state index is 6.17. The third-order valence-corrected chi connectivity index (χ3v) is 4.56. The number of aromatic nitrogens is 1. The molecule has 3 rings (SSSR count). The minimum absolute atomic E-state index is 0.569. The van der Waals surface area contributed by atoms with Gasteiger partial charge in [0, 0.05) is 10.4 Å². The summed E-state index contributed by atoms with van der Waals surface area (Å²) < 4.78 is 5.27. The number of aryl methyl sites for hydroxylation is 1. The molecule has 0 bridgehead atoms. The largest absolute Gasteiger partial charge is 0.180 e. The van der Waals surface area contributed by atoms with Crippen LogP contribution in [-0.4, -0.2) is 4.37 Å². The number of nitrogens with zero attached hydrogens (tertiary/aromatic N) is 1. The Morgan fingerprint density at radius 1 is 1.05 bits per heavy atom. The number of hydrogen-bond acceptors (Lipinski definition) is 2. The number of benzene rings is 2. The van der Waals surface area contributed by atoms with Crippen LogP contribution in [0.3, 0.4) is 0 Å². The molecule has 0 radical (unpaired) electrons. The lowest BCUT2D eigenvalue weighted by atomic mass is 10.0. The molecule has 0 unspecified atom stereocenters. The number of rotatable bonds is 2. The molecule has 0 N–H and O–H groups in total. The van der Waals surface area contributed by atoms with E-state index in [1.807, 2.05) is 12.1 Å². The Morgan fingerprint density at radius 2 is 1.89 bits per heavy atom. The molecule has 96 valence electrons. The highest BCUT2D eigenvalue weighted by Gasteiger charge is 2.07. The van der Waals surface area contributed by atoms with Crippen LogP contribution in [0.2, 0.25) is 10.2 Å². The minimum atomic E-state index is 0.569. The van der Waals surface area contributed by atoms with E-state index in [9.17, 15) is 0 Å². The standard InChI is InChI=1S/C15H11Cl2NS/c1-2-9-5-11(7-12(16)6-9)10-3-4-14-13(8-10)15(17)18-19-14/h3-8H,2H2,1H3. The first kappa shape index (κ1) is 12.9. The molecule has 0 aliphatic carbocycles. The number of hydrogen-bond donors (Lipinski definition) is 0. The molecular weight excluding hydrogens is 297 g/mol. The molecule has 1 nitrogen and oxygen atoms in total. The Kier molecular flexibility index (Phi) is 3.48. The van der Waals surface area contributed by atoms with Crippen molar-refractivity contribution in [3.8, 4) is 11.1 Å². The molecule has 0 fully saturated rings. The van der Waals surface area contributed by atoms with Crippen molar-refractivity contribution < 1.29 is 0 Å². The fraction of sp³-hybridized carbons (Fsp3) is 0.133. The van der Waals surface area contributed by atoms with E-state index in [1.54, 1.807) is 0 Å². The predicted molar refractivity (Wildman–Crippen MR) is 84.5 cm³/mol. The summed E-state index contributed by atoms with van der Waals surface area (Å²) in [5, 5.41) is 2.34. The van der Waals surface area contributed by atoms with Crippen molar-refractivity contribution in [1.29, 1.82) is 0 Å². The lowest BCUT2D eigenvalue weighted by Crippen LogP contribution is -1.84. The van der Waals surface area contributed by atoms with Crippen LogP contribution in [-0.2, 0) is 6.42 Å².